The van der Waals surface area contributed by atoms with Gasteiger partial charge in [0.2, 0.25) is 0 Å². The van der Waals surface area contributed by atoms with Crippen molar-refractivity contribution in [1.29, 1.82) is 0 Å². The van der Waals surface area contributed by atoms with Gasteiger partial charge in [-0.3, -0.25) is 4.55 Å². The summed E-state index contributed by atoms with van der Waals surface area (Å²) in [5.74, 6) is 0.640. The zero-order chi connectivity index (χ0) is 27.3. The number of hydrogen-bond acceptors (Lipinski definition) is 6. The lowest BCUT2D eigenvalue weighted by molar-refractivity contribution is 0.137. The van der Waals surface area contributed by atoms with Crippen LogP contribution >= 0.6 is 0 Å². The monoisotopic (exact) mass is 556 g/mol. The predicted molar refractivity (Wildman–Crippen MR) is 154 cm³/mol. The number of rotatable bonds is 8. The smallest absolute Gasteiger partial charge is 0.264 e. The Morgan fingerprint density at radius 3 is 2.66 bits per heavy atom. The maximum Gasteiger partial charge on any atom is 0.264 e. The standard InChI is InChI=1S/C28H40N4O4SSi/c1-28(2,3)38(4,5)36-25-17-21(16-20(25)13-15-37(33,34)35)32-14-12-23-26(29-18-30-27(23)32)31-24-11-10-19-8-6-7-9-22(19)24/h6-9,12,14,18,20-21,24-25H,10-11,13,15-17H2,1-5H3,(H,29,30,31)(H,33,34,35)/t20-,21-,24+,25+/m1/s1. The second-order valence-electron chi connectivity index (χ2n) is 12.5. The van der Waals surface area contributed by atoms with E-state index in [0.29, 0.717) is 6.42 Å². The number of hydrogen-bond donors (Lipinski definition) is 2. The van der Waals surface area contributed by atoms with Crippen molar-refractivity contribution in [3.05, 3.63) is 54.0 Å². The maximum atomic E-state index is 11.6. The molecule has 206 valence electrons. The minimum Gasteiger partial charge on any atom is -0.414 e. The van der Waals surface area contributed by atoms with E-state index in [1.165, 1.54) is 11.1 Å². The van der Waals surface area contributed by atoms with Crippen molar-refractivity contribution in [2.75, 3.05) is 11.1 Å². The molecule has 0 unspecified atom stereocenters. The van der Waals surface area contributed by atoms with Crippen molar-refractivity contribution < 1.29 is 17.4 Å². The summed E-state index contributed by atoms with van der Waals surface area (Å²) in [6, 6.07) is 11.0. The van der Waals surface area contributed by atoms with Gasteiger partial charge in [-0.25, -0.2) is 9.97 Å². The molecule has 0 aliphatic heterocycles. The molecule has 10 heteroatoms. The van der Waals surface area contributed by atoms with E-state index in [4.69, 9.17) is 4.43 Å². The summed E-state index contributed by atoms with van der Waals surface area (Å²) in [5, 5.41) is 4.70. The summed E-state index contributed by atoms with van der Waals surface area (Å²) in [6.45, 7) is 11.1. The van der Waals surface area contributed by atoms with Crippen LogP contribution < -0.4 is 5.32 Å². The lowest BCUT2D eigenvalue weighted by Crippen LogP contribution is -2.45. The zero-order valence-corrected chi connectivity index (χ0v) is 24.8. The average Bonchev–Trinajstić information content (AvgIpc) is 3.54. The molecule has 0 amide bonds. The summed E-state index contributed by atoms with van der Waals surface area (Å²) in [4.78, 5) is 9.25. The summed E-state index contributed by atoms with van der Waals surface area (Å²) in [6.07, 6.45) is 7.69. The van der Waals surface area contributed by atoms with Gasteiger partial charge < -0.3 is 14.3 Å². The fraction of sp³-hybridized carbons (Fsp3) is 0.571. The fourth-order valence-electron chi connectivity index (χ4n) is 5.84. The molecule has 0 radical (unpaired) electrons. The highest BCUT2D eigenvalue weighted by atomic mass is 32.2. The van der Waals surface area contributed by atoms with Crippen molar-refractivity contribution in [2.24, 2.45) is 5.92 Å². The molecular formula is C28H40N4O4SSi. The van der Waals surface area contributed by atoms with E-state index in [1.807, 2.05) is 0 Å². The van der Waals surface area contributed by atoms with Gasteiger partial charge in [0.1, 0.15) is 17.8 Å². The van der Waals surface area contributed by atoms with Crippen LogP contribution in [-0.2, 0) is 21.0 Å². The number of nitrogens with zero attached hydrogens (tertiary/aromatic N) is 3. The molecule has 1 aromatic carbocycles. The fourth-order valence-corrected chi connectivity index (χ4v) is 7.84. The van der Waals surface area contributed by atoms with E-state index in [1.54, 1.807) is 6.33 Å². The van der Waals surface area contributed by atoms with Crippen molar-refractivity contribution in [2.45, 2.75) is 89.2 Å². The summed E-state index contributed by atoms with van der Waals surface area (Å²) >= 11 is 0. The van der Waals surface area contributed by atoms with Crippen molar-refractivity contribution in [3.8, 4) is 0 Å². The number of anilines is 1. The minimum absolute atomic E-state index is 0.0444. The summed E-state index contributed by atoms with van der Waals surface area (Å²) in [7, 11) is -6.10. The topological polar surface area (TPSA) is 106 Å². The molecule has 2 heterocycles. The Labute approximate surface area is 227 Å². The van der Waals surface area contributed by atoms with Crippen LogP contribution in [0.5, 0.6) is 0 Å². The Hall–Kier alpha value is -2.27. The van der Waals surface area contributed by atoms with Gasteiger partial charge in [0.05, 0.1) is 17.2 Å². The van der Waals surface area contributed by atoms with Gasteiger partial charge in [-0.05, 0) is 73.3 Å². The van der Waals surface area contributed by atoms with Gasteiger partial charge in [0.15, 0.2) is 8.32 Å². The van der Waals surface area contributed by atoms with E-state index in [0.717, 1.165) is 42.5 Å². The SMILES string of the molecule is CC(C)(C)[Si](C)(C)O[C@H]1C[C@H](n2ccc3c(N[C@H]4CCc5ccccc54)ncnc32)C[C@H]1CCS(=O)(=O)O. The number of nitrogens with one attached hydrogen (secondary N) is 1. The molecule has 1 saturated carbocycles. The van der Waals surface area contributed by atoms with Crippen LogP contribution in [-0.4, -0.2) is 47.7 Å². The highest BCUT2D eigenvalue weighted by Gasteiger charge is 2.44. The summed E-state index contributed by atoms with van der Waals surface area (Å²) < 4.78 is 41.6. The molecule has 5 rings (SSSR count). The predicted octanol–water partition coefficient (Wildman–Crippen LogP) is 6.15. The molecule has 0 saturated heterocycles. The van der Waals surface area contributed by atoms with Crippen LogP contribution in [0.3, 0.4) is 0 Å². The van der Waals surface area contributed by atoms with Gasteiger partial charge in [-0.2, -0.15) is 8.42 Å². The van der Waals surface area contributed by atoms with Gasteiger partial charge in [0, 0.05) is 18.3 Å². The Morgan fingerprint density at radius 1 is 1.16 bits per heavy atom. The second-order valence-corrected chi connectivity index (χ2v) is 18.8. The molecular weight excluding hydrogens is 516 g/mol. The normalized spacial score (nSPS) is 24.2. The van der Waals surface area contributed by atoms with Crippen LogP contribution in [0.25, 0.3) is 11.0 Å². The highest BCUT2D eigenvalue weighted by Crippen LogP contribution is 2.45. The quantitative estimate of drug-likeness (QED) is 0.253. The van der Waals surface area contributed by atoms with Crippen LogP contribution in [0, 0.1) is 5.92 Å². The molecule has 2 N–H and O–H groups in total. The Morgan fingerprint density at radius 2 is 1.92 bits per heavy atom. The Bertz CT molecular complexity index is 1420. The third kappa shape index (κ3) is 5.54. The van der Waals surface area contributed by atoms with E-state index < -0.39 is 18.4 Å². The van der Waals surface area contributed by atoms with Crippen LogP contribution in [0.15, 0.2) is 42.9 Å². The van der Waals surface area contributed by atoms with Gasteiger partial charge in [-0.1, -0.05) is 45.0 Å². The van der Waals surface area contributed by atoms with Crippen LogP contribution in [0.4, 0.5) is 5.82 Å². The maximum absolute atomic E-state index is 11.6. The van der Waals surface area contributed by atoms with Crippen molar-refractivity contribution >= 4 is 35.3 Å². The molecule has 0 spiro atoms. The third-order valence-corrected chi connectivity index (χ3v) is 14.2. The lowest BCUT2D eigenvalue weighted by atomic mass is 10.0. The molecule has 0 bridgehead atoms. The first-order valence-electron chi connectivity index (χ1n) is 13.6. The number of aromatic nitrogens is 3. The molecule has 2 aromatic heterocycles. The lowest BCUT2D eigenvalue weighted by Gasteiger charge is -2.40. The summed E-state index contributed by atoms with van der Waals surface area (Å²) in [5.41, 5.74) is 3.60. The van der Waals surface area contributed by atoms with Crippen molar-refractivity contribution in [1.82, 2.24) is 14.5 Å². The van der Waals surface area contributed by atoms with Crippen LogP contribution in [0.1, 0.15) is 69.7 Å². The number of benzene rings is 1. The highest BCUT2D eigenvalue weighted by molar-refractivity contribution is 7.85. The minimum atomic E-state index is -4.03. The van der Waals surface area contributed by atoms with E-state index >= 15 is 0 Å². The third-order valence-electron chi connectivity index (χ3n) is 8.95. The Kier molecular flexibility index (Phi) is 7.21. The van der Waals surface area contributed by atoms with E-state index in [9.17, 15) is 13.0 Å². The largest absolute Gasteiger partial charge is 0.414 e. The molecule has 8 nitrogen and oxygen atoms in total. The number of aryl methyl sites for hydroxylation is 1. The molecule has 2 aliphatic carbocycles. The number of fused-ring (bicyclic) bond motifs is 2. The molecule has 4 atom stereocenters. The average molecular weight is 557 g/mol. The molecule has 2 aliphatic rings. The molecule has 38 heavy (non-hydrogen) atoms. The first-order chi connectivity index (χ1) is 17.8. The van der Waals surface area contributed by atoms with Gasteiger partial charge in [0.25, 0.3) is 10.1 Å². The Balaban J connectivity index is 1.40. The van der Waals surface area contributed by atoms with Gasteiger partial charge >= 0.3 is 0 Å². The van der Waals surface area contributed by atoms with E-state index in [-0.39, 0.29) is 34.9 Å². The first kappa shape index (κ1) is 27.3. The van der Waals surface area contributed by atoms with E-state index in [2.05, 4.69) is 90.2 Å². The van der Waals surface area contributed by atoms with Gasteiger partial charge in [-0.15, -0.1) is 0 Å². The molecule has 3 aromatic rings. The van der Waals surface area contributed by atoms with Crippen LogP contribution in [0.2, 0.25) is 18.1 Å². The molecule has 1 fully saturated rings. The zero-order valence-electron chi connectivity index (χ0n) is 23.0. The second kappa shape index (κ2) is 10.0. The first-order valence-corrected chi connectivity index (χ1v) is 18.1. The van der Waals surface area contributed by atoms with Crippen molar-refractivity contribution in [3.63, 3.8) is 0 Å².